The molecule has 0 aliphatic heterocycles. The molecule has 1 N–H and O–H groups in total. The van der Waals surface area contributed by atoms with Crippen molar-refractivity contribution in [1.82, 2.24) is 0 Å². The minimum absolute atomic E-state index is 0.0273. The van der Waals surface area contributed by atoms with E-state index in [1.165, 1.54) is 25.3 Å². The van der Waals surface area contributed by atoms with Gasteiger partial charge in [0, 0.05) is 5.56 Å². The smallest absolute Gasteiger partial charge is 0.416 e. The average Bonchev–Trinajstić information content (AvgIpc) is 2.52. The second-order valence-electron chi connectivity index (χ2n) is 4.82. The molecule has 8 heteroatoms. The Morgan fingerprint density at radius 2 is 1.83 bits per heavy atom. The number of alkyl halides is 3. The largest absolute Gasteiger partial charge is 0.495 e. The Morgan fingerprint density at radius 1 is 1.12 bits per heavy atom. The predicted molar refractivity (Wildman–Crippen MR) is 87.3 cm³/mol. The van der Waals surface area contributed by atoms with Crippen LogP contribution in [0.3, 0.4) is 0 Å². The van der Waals surface area contributed by atoms with E-state index in [1.54, 1.807) is 0 Å². The maximum absolute atomic E-state index is 12.7. The zero-order valence-electron chi connectivity index (χ0n) is 12.4. The number of rotatable bonds is 5. The number of halogens is 5. The van der Waals surface area contributed by atoms with Gasteiger partial charge >= 0.3 is 6.18 Å². The zero-order valence-corrected chi connectivity index (χ0v) is 13.9. The number of carbonyl (C=O) groups is 1. The highest BCUT2D eigenvalue weighted by molar-refractivity contribution is 6.33. The third-order valence-corrected chi connectivity index (χ3v) is 3.83. The minimum Gasteiger partial charge on any atom is -0.495 e. The molecule has 2 rings (SSSR count). The number of Topliss-reactive ketones (excluding diaryl/α,β-unsaturated/α-hetero) is 1. The van der Waals surface area contributed by atoms with Crippen molar-refractivity contribution in [3.05, 3.63) is 57.6 Å². The lowest BCUT2D eigenvalue weighted by Gasteiger charge is -2.12. The molecule has 0 heterocycles. The molecule has 0 aliphatic rings. The second-order valence-corrected chi connectivity index (χ2v) is 5.63. The van der Waals surface area contributed by atoms with E-state index in [0.29, 0.717) is 11.3 Å². The Kier molecular flexibility index (Phi) is 5.62. The van der Waals surface area contributed by atoms with E-state index in [4.69, 9.17) is 27.9 Å². The molecule has 0 atom stereocenters. The predicted octanol–water partition coefficient (Wildman–Crippen LogP) is 5.32. The SMILES string of the molecule is COc1ccc(C(=O)CNc2cc(C(F)(F)F)ccc2Cl)cc1Cl. The van der Waals surface area contributed by atoms with Crippen LogP contribution >= 0.6 is 23.2 Å². The summed E-state index contributed by atoms with van der Waals surface area (Å²) in [7, 11) is 1.44. The van der Waals surface area contributed by atoms with Gasteiger partial charge in [-0.15, -0.1) is 0 Å². The summed E-state index contributed by atoms with van der Waals surface area (Å²) < 4.78 is 43.1. The van der Waals surface area contributed by atoms with Crippen molar-refractivity contribution in [2.45, 2.75) is 6.18 Å². The first-order chi connectivity index (χ1) is 11.2. The van der Waals surface area contributed by atoms with Crippen molar-refractivity contribution in [1.29, 1.82) is 0 Å². The lowest BCUT2D eigenvalue weighted by atomic mass is 10.1. The van der Waals surface area contributed by atoms with Crippen LogP contribution in [0, 0.1) is 0 Å². The normalized spacial score (nSPS) is 11.2. The van der Waals surface area contributed by atoms with E-state index < -0.39 is 11.7 Å². The molecule has 0 amide bonds. The van der Waals surface area contributed by atoms with Crippen LogP contribution in [-0.2, 0) is 6.18 Å². The van der Waals surface area contributed by atoms with E-state index >= 15 is 0 Å². The monoisotopic (exact) mass is 377 g/mol. The Morgan fingerprint density at radius 3 is 2.42 bits per heavy atom. The number of hydrogen-bond donors (Lipinski definition) is 1. The maximum atomic E-state index is 12.7. The van der Waals surface area contributed by atoms with E-state index in [2.05, 4.69) is 5.32 Å². The van der Waals surface area contributed by atoms with E-state index in [9.17, 15) is 18.0 Å². The van der Waals surface area contributed by atoms with Crippen molar-refractivity contribution in [3.8, 4) is 5.75 Å². The molecule has 0 aliphatic carbocycles. The van der Waals surface area contributed by atoms with Crippen LogP contribution < -0.4 is 10.1 Å². The highest BCUT2D eigenvalue weighted by Gasteiger charge is 2.31. The Balaban J connectivity index is 2.13. The molecule has 0 bridgehead atoms. The third kappa shape index (κ3) is 4.33. The number of methoxy groups -OCH3 is 1. The van der Waals surface area contributed by atoms with Crippen molar-refractivity contribution >= 4 is 34.7 Å². The van der Waals surface area contributed by atoms with Gasteiger partial charge in [-0.2, -0.15) is 13.2 Å². The molecule has 128 valence electrons. The molecule has 0 saturated heterocycles. The molecule has 3 nitrogen and oxygen atoms in total. The Hall–Kier alpha value is -1.92. The van der Waals surface area contributed by atoms with Gasteiger partial charge in [0.1, 0.15) is 5.75 Å². The fourth-order valence-electron chi connectivity index (χ4n) is 1.95. The number of hydrogen-bond acceptors (Lipinski definition) is 3. The van der Waals surface area contributed by atoms with Gasteiger partial charge in [0.05, 0.1) is 35.0 Å². The number of benzene rings is 2. The zero-order chi connectivity index (χ0) is 17.9. The van der Waals surface area contributed by atoms with Crippen LogP contribution in [0.5, 0.6) is 5.75 Å². The topological polar surface area (TPSA) is 38.3 Å². The molecule has 0 radical (unpaired) electrons. The number of nitrogens with one attached hydrogen (secondary N) is 1. The first kappa shape index (κ1) is 18.4. The summed E-state index contributed by atoms with van der Waals surface area (Å²) in [5, 5.41) is 2.97. The van der Waals surface area contributed by atoms with Crippen LogP contribution in [0.1, 0.15) is 15.9 Å². The van der Waals surface area contributed by atoms with Crippen LogP contribution in [0.4, 0.5) is 18.9 Å². The molecule has 0 unspecified atom stereocenters. The van der Waals surface area contributed by atoms with Gasteiger partial charge in [0.2, 0.25) is 0 Å². The van der Waals surface area contributed by atoms with Crippen molar-refractivity contribution in [2.24, 2.45) is 0 Å². The number of ketones is 1. The molecule has 0 fully saturated rings. The van der Waals surface area contributed by atoms with Crippen molar-refractivity contribution < 1.29 is 22.7 Å². The molecule has 0 spiro atoms. The summed E-state index contributed by atoms with van der Waals surface area (Å²) in [6.07, 6.45) is -4.49. The maximum Gasteiger partial charge on any atom is 0.416 e. The van der Waals surface area contributed by atoms with E-state index in [0.717, 1.165) is 18.2 Å². The molecule has 24 heavy (non-hydrogen) atoms. The van der Waals surface area contributed by atoms with Gasteiger partial charge < -0.3 is 10.1 Å². The van der Waals surface area contributed by atoms with Gasteiger partial charge in [-0.3, -0.25) is 4.79 Å². The minimum atomic E-state index is -4.49. The number of carbonyl (C=O) groups excluding carboxylic acids is 1. The summed E-state index contributed by atoms with van der Waals surface area (Å²) in [6, 6.07) is 7.34. The highest BCUT2D eigenvalue weighted by Crippen LogP contribution is 2.33. The van der Waals surface area contributed by atoms with Gasteiger partial charge in [0.15, 0.2) is 5.78 Å². The molecule has 0 aromatic heterocycles. The summed E-state index contributed by atoms with van der Waals surface area (Å²) in [5.74, 6) is 0.0649. The second kappa shape index (κ2) is 7.32. The van der Waals surface area contributed by atoms with Gasteiger partial charge in [-0.25, -0.2) is 0 Å². The van der Waals surface area contributed by atoms with Gasteiger partial charge in [-0.05, 0) is 36.4 Å². The molecule has 0 saturated carbocycles. The average molecular weight is 378 g/mol. The van der Waals surface area contributed by atoms with Crippen molar-refractivity contribution in [2.75, 3.05) is 19.0 Å². The summed E-state index contributed by atoms with van der Waals surface area (Å²) in [6.45, 7) is -0.232. The Bertz CT molecular complexity index is 763. The Labute approximate surface area is 146 Å². The lowest BCUT2D eigenvalue weighted by Crippen LogP contribution is -2.15. The summed E-state index contributed by atoms with van der Waals surface area (Å²) >= 11 is 11.8. The fourth-order valence-corrected chi connectivity index (χ4v) is 2.40. The molecular formula is C16H12Cl2F3NO2. The first-order valence-electron chi connectivity index (χ1n) is 6.69. The van der Waals surface area contributed by atoms with E-state index in [-0.39, 0.29) is 28.1 Å². The molecule has 2 aromatic rings. The first-order valence-corrected chi connectivity index (χ1v) is 7.45. The van der Waals surface area contributed by atoms with Crippen LogP contribution in [0.15, 0.2) is 36.4 Å². The van der Waals surface area contributed by atoms with Gasteiger partial charge in [-0.1, -0.05) is 23.2 Å². The lowest BCUT2D eigenvalue weighted by molar-refractivity contribution is -0.137. The molecule has 2 aromatic carbocycles. The summed E-state index contributed by atoms with van der Waals surface area (Å²) in [4.78, 5) is 12.1. The van der Waals surface area contributed by atoms with E-state index in [1.807, 2.05) is 0 Å². The van der Waals surface area contributed by atoms with Gasteiger partial charge in [0.25, 0.3) is 0 Å². The van der Waals surface area contributed by atoms with Crippen molar-refractivity contribution in [3.63, 3.8) is 0 Å². The fraction of sp³-hybridized carbons (Fsp3) is 0.188. The summed E-state index contributed by atoms with van der Waals surface area (Å²) in [5.41, 5.74) is -0.523. The number of ether oxygens (including phenoxy) is 1. The van der Waals surface area contributed by atoms with Crippen LogP contribution in [0.2, 0.25) is 10.0 Å². The van der Waals surface area contributed by atoms with Crippen LogP contribution in [0.25, 0.3) is 0 Å². The highest BCUT2D eigenvalue weighted by atomic mass is 35.5. The van der Waals surface area contributed by atoms with Crippen LogP contribution in [-0.4, -0.2) is 19.4 Å². The molecular weight excluding hydrogens is 366 g/mol. The standard InChI is InChI=1S/C16H12Cl2F3NO2/c1-24-15-5-2-9(6-12(15)18)14(23)8-22-13-7-10(16(19,20)21)3-4-11(13)17/h2-7,22H,8H2,1H3. The number of anilines is 1. The quantitative estimate of drug-likeness (QED) is 0.717. The third-order valence-electron chi connectivity index (χ3n) is 3.21.